The number of nitro groups is 1. The van der Waals surface area contributed by atoms with Crippen LogP contribution in [0, 0.1) is 10.1 Å². The van der Waals surface area contributed by atoms with Crippen LogP contribution in [-0.4, -0.2) is 28.5 Å². The molecule has 2 unspecified atom stereocenters. The predicted molar refractivity (Wildman–Crippen MR) is 60.3 cm³/mol. The Hall–Kier alpha value is -1.95. The third-order valence-electron chi connectivity index (χ3n) is 2.31. The molecule has 0 aliphatic carbocycles. The fourth-order valence-corrected chi connectivity index (χ4v) is 1.15. The average molecular weight is 239 g/mol. The van der Waals surface area contributed by atoms with Crippen LogP contribution in [-0.2, 0) is 0 Å². The molecule has 0 aliphatic heterocycles. The summed E-state index contributed by atoms with van der Waals surface area (Å²) in [5, 5.41) is 20.0. The zero-order valence-electron chi connectivity index (χ0n) is 9.49. The largest absolute Gasteiger partial charge is 0.481 e. The van der Waals surface area contributed by atoms with E-state index in [1.54, 1.807) is 6.92 Å². The smallest absolute Gasteiger partial charge is 0.310 e. The standard InChI is InChI=1S/C11H13NO5/c1-7(14)8(2)17-11-5-9(6-13)3-4-10(11)12(15)16/h3-8,14H,1-2H3. The van der Waals surface area contributed by atoms with E-state index in [-0.39, 0.29) is 17.0 Å². The highest BCUT2D eigenvalue weighted by atomic mass is 16.6. The van der Waals surface area contributed by atoms with E-state index in [1.165, 1.54) is 25.1 Å². The van der Waals surface area contributed by atoms with Gasteiger partial charge in [-0.15, -0.1) is 0 Å². The van der Waals surface area contributed by atoms with E-state index in [4.69, 9.17) is 4.74 Å². The highest BCUT2D eigenvalue weighted by Gasteiger charge is 2.19. The van der Waals surface area contributed by atoms with Crippen molar-refractivity contribution in [2.75, 3.05) is 0 Å². The van der Waals surface area contributed by atoms with Crippen molar-refractivity contribution in [1.29, 1.82) is 0 Å². The number of aliphatic hydroxyl groups is 1. The molecule has 0 aromatic heterocycles. The maximum Gasteiger partial charge on any atom is 0.310 e. The Balaban J connectivity index is 3.09. The lowest BCUT2D eigenvalue weighted by molar-refractivity contribution is -0.386. The third kappa shape index (κ3) is 3.25. The van der Waals surface area contributed by atoms with Crippen molar-refractivity contribution in [3.05, 3.63) is 33.9 Å². The number of carbonyl (C=O) groups is 1. The van der Waals surface area contributed by atoms with Crippen LogP contribution in [0.3, 0.4) is 0 Å². The molecular weight excluding hydrogens is 226 g/mol. The number of hydrogen-bond acceptors (Lipinski definition) is 5. The summed E-state index contributed by atoms with van der Waals surface area (Å²) in [6.45, 7) is 3.10. The molecule has 1 rings (SSSR count). The van der Waals surface area contributed by atoms with Crippen LogP contribution in [0.15, 0.2) is 18.2 Å². The van der Waals surface area contributed by atoms with E-state index in [0.29, 0.717) is 6.29 Å². The van der Waals surface area contributed by atoms with Gasteiger partial charge in [-0.25, -0.2) is 0 Å². The fourth-order valence-electron chi connectivity index (χ4n) is 1.15. The Morgan fingerprint density at radius 3 is 2.59 bits per heavy atom. The maximum atomic E-state index is 10.7. The molecule has 6 nitrogen and oxygen atoms in total. The van der Waals surface area contributed by atoms with Gasteiger partial charge in [0.2, 0.25) is 0 Å². The van der Waals surface area contributed by atoms with Gasteiger partial charge in [-0.05, 0) is 26.0 Å². The summed E-state index contributed by atoms with van der Waals surface area (Å²) >= 11 is 0. The van der Waals surface area contributed by atoms with E-state index in [1.807, 2.05) is 0 Å². The number of benzene rings is 1. The molecule has 1 aromatic carbocycles. The van der Waals surface area contributed by atoms with Gasteiger partial charge >= 0.3 is 5.69 Å². The van der Waals surface area contributed by atoms with Crippen molar-refractivity contribution in [3.63, 3.8) is 0 Å². The predicted octanol–water partition coefficient (Wildman–Crippen LogP) is 1.56. The normalized spacial score (nSPS) is 13.8. The SMILES string of the molecule is CC(O)C(C)Oc1cc(C=O)ccc1[N+](=O)[O-]. The second kappa shape index (κ2) is 5.40. The van der Waals surface area contributed by atoms with Crippen molar-refractivity contribution < 1.29 is 19.6 Å². The molecule has 92 valence electrons. The minimum atomic E-state index is -0.769. The third-order valence-corrected chi connectivity index (χ3v) is 2.31. The van der Waals surface area contributed by atoms with Crippen LogP contribution in [0.4, 0.5) is 5.69 Å². The van der Waals surface area contributed by atoms with E-state index >= 15 is 0 Å². The Labute approximate surface area is 98.0 Å². The number of carbonyl (C=O) groups excluding carboxylic acids is 1. The monoisotopic (exact) mass is 239 g/mol. The second-order valence-electron chi connectivity index (χ2n) is 3.67. The Morgan fingerprint density at radius 1 is 1.47 bits per heavy atom. The molecule has 0 radical (unpaired) electrons. The lowest BCUT2D eigenvalue weighted by Gasteiger charge is -2.17. The summed E-state index contributed by atoms with van der Waals surface area (Å²) in [7, 11) is 0. The Morgan fingerprint density at radius 2 is 2.12 bits per heavy atom. The van der Waals surface area contributed by atoms with Gasteiger partial charge < -0.3 is 9.84 Å². The molecule has 1 N–H and O–H groups in total. The number of aliphatic hydroxyl groups excluding tert-OH is 1. The summed E-state index contributed by atoms with van der Waals surface area (Å²) in [6, 6.07) is 3.82. The summed E-state index contributed by atoms with van der Waals surface area (Å²) in [5.74, 6) is -0.0204. The van der Waals surface area contributed by atoms with Crippen LogP contribution in [0.5, 0.6) is 5.75 Å². The Bertz CT molecular complexity index is 430. The van der Waals surface area contributed by atoms with Crippen LogP contribution >= 0.6 is 0 Å². The second-order valence-corrected chi connectivity index (χ2v) is 3.67. The molecule has 0 spiro atoms. The number of nitrogens with zero attached hydrogens (tertiary/aromatic N) is 1. The molecule has 0 saturated carbocycles. The minimum absolute atomic E-state index is 0.0204. The zero-order valence-corrected chi connectivity index (χ0v) is 9.49. The van der Waals surface area contributed by atoms with Crippen LogP contribution in [0.25, 0.3) is 0 Å². The fraction of sp³-hybridized carbons (Fsp3) is 0.364. The van der Waals surface area contributed by atoms with Crippen LogP contribution in [0.1, 0.15) is 24.2 Å². The molecule has 0 bridgehead atoms. The first-order chi connectivity index (χ1) is 7.95. The van der Waals surface area contributed by atoms with Gasteiger partial charge in [-0.3, -0.25) is 14.9 Å². The van der Waals surface area contributed by atoms with Gasteiger partial charge in [-0.1, -0.05) is 0 Å². The quantitative estimate of drug-likeness (QED) is 0.478. The number of nitro benzene ring substituents is 1. The van der Waals surface area contributed by atoms with E-state index in [9.17, 15) is 20.0 Å². The molecule has 6 heteroatoms. The average Bonchev–Trinajstić information content (AvgIpc) is 2.28. The van der Waals surface area contributed by atoms with E-state index in [0.717, 1.165) is 0 Å². The van der Waals surface area contributed by atoms with Crippen LogP contribution < -0.4 is 4.74 Å². The van der Waals surface area contributed by atoms with E-state index in [2.05, 4.69) is 0 Å². The maximum absolute atomic E-state index is 10.7. The topological polar surface area (TPSA) is 89.7 Å². The van der Waals surface area contributed by atoms with Gasteiger partial charge in [0.25, 0.3) is 0 Å². The minimum Gasteiger partial charge on any atom is -0.481 e. The molecular formula is C11H13NO5. The molecule has 2 atom stereocenters. The van der Waals surface area contributed by atoms with Gasteiger partial charge in [0.05, 0.1) is 11.0 Å². The number of hydrogen-bond donors (Lipinski definition) is 1. The van der Waals surface area contributed by atoms with Crippen LogP contribution in [0.2, 0.25) is 0 Å². The number of rotatable bonds is 5. The first kappa shape index (κ1) is 13.1. The van der Waals surface area contributed by atoms with Gasteiger partial charge in [0, 0.05) is 11.6 Å². The van der Waals surface area contributed by atoms with E-state index < -0.39 is 17.1 Å². The molecule has 0 amide bonds. The molecule has 17 heavy (non-hydrogen) atoms. The molecule has 0 fully saturated rings. The molecule has 0 aliphatic rings. The zero-order chi connectivity index (χ0) is 13.0. The highest BCUT2D eigenvalue weighted by molar-refractivity contribution is 5.76. The summed E-state index contributed by atoms with van der Waals surface area (Å²) in [5.41, 5.74) is 0.0477. The molecule has 1 aromatic rings. The van der Waals surface area contributed by atoms with Gasteiger partial charge in [0.1, 0.15) is 12.4 Å². The Kier molecular flexibility index (Phi) is 4.17. The lowest BCUT2D eigenvalue weighted by atomic mass is 10.2. The summed E-state index contributed by atoms with van der Waals surface area (Å²) in [6.07, 6.45) is -0.797. The van der Waals surface area contributed by atoms with Gasteiger partial charge in [-0.2, -0.15) is 0 Å². The van der Waals surface area contributed by atoms with Gasteiger partial charge in [0.15, 0.2) is 5.75 Å². The van der Waals surface area contributed by atoms with Crippen molar-refractivity contribution >= 4 is 12.0 Å². The van der Waals surface area contributed by atoms with Crippen molar-refractivity contribution in [3.8, 4) is 5.75 Å². The lowest BCUT2D eigenvalue weighted by Crippen LogP contribution is -2.25. The van der Waals surface area contributed by atoms with Crippen molar-refractivity contribution in [1.82, 2.24) is 0 Å². The number of aldehydes is 1. The van der Waals surface area contributed by atoms with Crippen molar-refractivity contribution in [2.45, 2.75) is 26.1 Å². The first-order valence-electron chi connectivity index (χ1n) is 5.04. The summed E-state index contributed by atoms with van der Waals surface area (Å²) < 4.78 is 5.26. The van der Waals surface area contributed by atoms with Crippen molar-refractivity contribution in [2.24, 2.45) is 0 Å². The molecule has 0 heterocycles. The summed E-state index contributed by atoms with van der Waals surface area (Å²) in [4.78, 5) is 20.7. The number of ether oxygens (including phenoxy) is 1. The highest BCUT2D eigenvalue weighted by Crippen LogP contribution is 2.28. The first-order valence-corrected chi connectivity index (χ1v) is 5.04. The molecule has 0 saturated heterocycles.